The molecular formula is C20H24N4O2. The predicted molar refractivity (Wildman–Crippen MR) is 99.9 cm³/mol. The number of aliphatic hydroxyl groups excluding tert-OH is 1. The van der Waals surface area contributed by atoms with Crippen molar-refractivity contribution in [1.29, 1.82) is 0 Å². The van der Waals surface area contributed by atoms with E-state index >= 15 is 0 Å². The van der Waals surface area contributed by atoms with E-state index in [1.165, 1.54) is 17.7 Å². The Balaban J connectivity index is 1.62. The first kappa shape index (κ1) is 17.0. The van der Waals surface area contributed by atoms with E-state index in [4.69, 9.17) is 15.1 Å². The number of aromatic nitrogens is 2. The van der Waals surface area contributed by atoms with Crippen LogP contribution < -0.4 is 10.2 Å². The summed E-state index contributed by atoms with van der Waals surface area (Å²) < 4.78 is 0. The Labute approximate surface area is 153 Å². The van der Waals surface area contributed by atoms with Gasteiger partial charge in [-0.2, -0.15) is 0 Å². The smallest absolute Gasteiger partial charge is 0.226 e. The number of hydrogen-bond donors (Lipinski definition) is 2. The number of anilines is 1. The molecule has 6 nitrogen and oxygen atoms in total. The van der Waals surface area contributed by atoms with Crippen LogP contribution in [0.25, 0.3) is 11.3 Å². The molecule has 1 aliphatic carbocycles. The normalized spacial score (nSPS) is 15.5. The SMILES string of the molecule is O=C(CCO)NCc1cccc(-c2nc(N3CCC3)nc3c2CCC3)c1. The first-order valence-corrected chi connectivity index (χ1v) is 9.36. The number of nitrogens with one attached hydrogen (secondary N) is 1. The van der Waals surface area contributed by atoms with Crippen molar-refractivity contribution in [3.05, 3.63) is 41.1 Å². The average molecular weight is 352 g/mol. The van der Waals surface area contributed by atoms with E-state index in [9.17, 15) is 4.79 Å². The lowest BCUT2D eigenvalue weighted by Gasteiger charge is -2.31. The molecule has 2 N–H and O–H groups in total. The fourth-order valence-corrected chi connectivity index (χ4v) is 3.54. The number of fused-ring (bicyclic) bond motifs is 1. The number of carbonyl (C=O) groups excluding carboxylic acids is 1. The van der Waals surface area contributed by atoms with Gasteiger partial charge in [0, 0.05) is 42.9 Å². The van der Waals surface area contributed by atoms with Crippen LogP contribution in [-0.4, -0.2) is 40.7 Å². The summed E-state index contributed by atoms with van der Waals surface area (Å²) in [6.07, 6.45) is 4.54. The molecule has 0 radical (unpaired) electrons. The van der Waals surface area contributed by atoms with Crippen molar-refractivity contribution < 1.29 is 9.90 Å². The van der Waals surface area contributed by atoms with E-state index in [0.29, 0.717) is 6.54 Å². The maximum absolute atomic E-state index is 11.6. The maximum atomic E-state index is 11.6. The van der Waals surface area contributed by atoms with E-state index in [1.54, 1.807) is 0 Å². The van der Waals surface area contributed by atoms with Crippen LogP contribution in [0.4, 0.5) is 5.95 Å². The van der Waals surface area contributed by atoms with Gasteiger partial charge in [-0.05, 0) is 37.3 Å². The average Bonchev–Trinajstić information content (AvgIpc) is 3.07. The molecule has 2 heterocycles. The highest BCUT2D eigenvalue weighted by Crippen LogP contribution is 2.33. The molecule has 1 saturated heterocycles. The van der Waals surface area contributed by atoms with Gasteiger partial charge in [-0.3, -0.25) is 4.79 Å². The van der Waals surface area contributed by atoms with Crippen LogP contribution in [0.1, 0.15) is 36.1 Å². The zero-order valence-corrected chi connectivity index (χ0v) is 14.9. The number of hydrogen-bond acceptors (Lipinski definition) is 5. The molecule has 0 spiro atoms. The first-order chi connectivity index (χ1) is 12.7. The summed E-state index contributed by atoms with van der Waals surface area (Å²) in [5.41, 5.74) is 5.62. The summed E-state index contributed by atoms with van der Waals surface area (Å²) in [6, 6.07) is 8.19. The highest BCUT2D eigenvalue weighted by Gasteiger charge is 2.24. The molecule has 0 atom stereocenters. The highest BCUT2D eigenvalue weighted by atomic mass is 16.3. The van der Waals surface area contributed by atoms with Gasteiger partial charge >= 0.3 is 0 Å². The third-order valence-corrected chi connectivity index (χ3v) is 5.09. The summed E-state index contributed by atoms with van der Waals surface area (Å²) in [5, 5.41) is 11.7. The van der Waals surface area contributed by atoms with Crippen LogP contribution in [0.15, 0.2) is 24.3 Å². The Morgan fingerprint density at radius 2 is 2.08 bits per heavy atom. The molecule has 26 heavy (non-hydrogen) atoms. The molecule has 1 aromatic heterocycles. The van der Waals surface area contributed by atoms with Gasteiger partial charge in [-0.25, -0.2) is 9.97 Å². The molecule has 1 fully saturated rings. The van der Waals surface area contributed by atoms with E-state index in [2.05, 4.69) is 22.3 Å². The lowest BCUT2D eigenvalue weighted by molar-refractivity contribution is -0.121. The minimum atomic E-state index is -0.138. The van der Waals surface area contributed by atoms with Gasteiger partial charge in [0.2, 0.25) is 11.9 Å². The number of amides is 1. The fourth-order valence-electron chi connectivity index (χ4n) is 3.54. The van der Waals surface area contributed by atoms with Crippen molar-refractivity contribution in [2.24, 2.45) is 0 Å². The Morgan fingerprint density at radius 3 is 2.85 bits per heavy atom. The van der Waals surface area contributed by atoms with Gasteiger partial charge < -0.3 is 15.3 Å². The molecule has 1 aliphatic heterocycles. The molecule has 1 amide bonds. The van der Waals surface area contributed by atoms with Crippen molar-refractivity contribution in [1.82, 2.24) is 15.3 Å². The zero-order chi connectivity index (χ0) is 17.9. The summed E-state index contributed by atoms with van der Waals surface area (Å²) in [5.74, 6) is 0.717. The van der Waals surface area contributed by atoms with Crippen molar-refractivity contribution >= 4 is 11.9 Å². The van der Waals surface area contributed by atoms with Crippen LogP contribution in [0.5, 0.6) is 0 Å². The summed E-state index contributed by atoms with van der Waals surface area (Å²) >= 11 is 0. The highest BCUT2D eigenvalue weighted by molar-refractivity contribution is 5.76. The van der Waals surface area contributed by atoms with E-state index in [-0.39, 0.29) is 18.9 Å². The Hall–Kier alpha value is -2.47. The molecule has 2 aliphatic rings. The third kappa shape index (κ3) is 3.42. The van der Waals surface area contributed by atoms with E-state index in [0.717, 1.165) is 55.1 Å². The molecule has 0 unspecified atom stereocenters. The first-order valence-electron chi connectivity index (χ1n) is 9.36. The molecule has 6 heteroatoms. The predicted octanol–water partition coefficient (Wildman–Crippen LogP) is 1.84. The minimum absolute atomic E-state index is 0.127. The second kappa shape index (κ2) is 7.41. The second-order valence-corrected chi connectivity index (χ2v) is 6.94. The topological polar surface area (TPSA) is 78.3 Å². The van der Waals surface area contributed by atoms with Crippen molar-refractivity contribution in [2.45, 2.75) is 38.6 Å². The lowest BCUT2D eigenvalue weighted by atomic mass is 10.0. The number of aliphatic hydroxyl groups is 1. The molecule has 1 aromatic carbocycles. The Kier molecular flexibility index (Phi) is 4.84. The number of nitrogens with zero attached hydrogens (tertiary/aromatic N) is 3. The quantitative estimate of drug-likeness (QED) is 0.829. The van der Waals surface area contributed by atoms with Crippen molar-refractivity contribution in [3.8, 4) is 11.3 Å². The molecule has 0 saturated carbocycles. The number of aryl methyl sites for hydroxylation is 1. The molecule has 4 rings (SSSR count). The monoisotopic (exact) mass is 352 g/mol. The van der Waals surface area contributed by atoms with Crippen LogP contribution in [-0.2, 0) is 24.2 Å². The van der Waals surface area contributed by atoms with Crippen LogP contribution >= 0.6 is 0 Å². The Bertz CT molecular complexity index is 817. The number of rotatable bonds is 6. The lowest BCUT2D eigenvalue weighted by Crippen LogP contribution is -2.38. The van der Waals surface area contributed by atoms with Gasteiger partial charge in [0.15, 0.2) is 0 Å². The van der Waals surface area contributed by atoms with Crippen LogP contribution in [0.2, 0.25) is 0 Å². The van der Waals surface area contributed by atoms with Gasteiger partial charge in [0.25, 0.3) is 0 Å². The summed E-state index contributed by atoms with van der Waals surface area (Å²) in [6.45, 7) is 2.40. The molecule has 2 aromatic rings. The number of carbonyl (C=O) groups is 1. The van der Waals surface area contributed by atoms with Gasteiger partial charge in [0.05, 0.1) is 12.3 Å². The van der Waals surface area contributed by atoms with Crippen LogP contribution in [0, 0.1) is 0 Å². The fraction of sp³-hybridized carbons (Fsp3) is 0.450. The largest absolute Gasteiger partial charge is 0.396 e. The van der Waals surface area contributed by atoms with Gasteiger partial charge in [-0.1, -0.05) is 18.2 Å². The van der Waals surface area contributed by atoms with Gasteiger partial charge in [-0.15, -0.1) is 0 Å². The van der Waals surface area contributed by atoms with Crippen molar-refractivity contribution in [3.63, 3.8) is 0 Å². The van der Waals surface area contributed by atoms with Crippen molar-refractivity contribution in [2.75, 3.05) is 24.6 Å². The van der Waals surface area contributed by atoms with Crippen LogP contribution in [0.3, 0.4) is 0 Å². The third-order valence-electron chi connectivity index (χ3n) is 5.09. The van der Waals surface area contributed by atoms with E-state index in [1.807, 2.05) is 12.1 Å². The summed E-state index contributed by atoms with van der Waals surface area (Å²) in [4.78, 5) is 23.5. The summed E-state index contributed by atoms with van der Waals surface area (Å²) in [7, 11) is 0. The minimum Gasteiger partial charge on any atom is -0.396 e. The molecular weight excluding hydrogens is 328 g/mol. The Morgan fingerprint density at radius 1 is 1.19 bits per heavy atom. The zero-order valence-electron chi connectivity index (χ0n) is 14.9. The van der Waals surface area contributed by atoms with Gasteiger partial charge in [0.1, 0.15) is 0 Å². The molecule has 0 bridgehead atoms. The second-order valence-electron chi connectivity index (χ2n) is 6.94. The molecule has 136 valence electrons. The standard InChI is InChI=1S/C20H24N4O2/c25-11-8-18(26)21-13-14-4-1-5-15(12-14)19-16-6-2-7-17(16)22-20(23-19)24-9-3-10-24/h1,4-5,12,25H,2-3,6-11,13H2,(H,21,26). The van der Waals surface area contributed by atoms with E-state index < -0.39 is 0 Å². The number of benzene rings is 1. The maximum Gasteiger partial charge on any atom is 0.226 e.